The number of amides is 1. The highest BCUT2D eigenvalue weighted by Gasteiger charge is 2.27. The van der Waals surface area contributed by atoms with Crippen LogP contribution in [0.5, 0.6) is 0 Å². The Morgan fingerprint density at radius 3 is 2.50 bits per heavy atom. The molecule has 0 bridgehead atoms. The smallest absolute Gasteiger partial charge is 0.244 e. The van der Waals surface area contributed by atoms with E-state index in [9.17, 15) is 4.79 Å². The van der Waals surface area contributed by atoms with Crippen molar-refractivity contribution in [1.82, 2.24) is 0 Å². The Bertz CT molecular complexity index is 496. The maximum atomic E-state index is 12.0. The number of anilines is 1. The summed E-state index contributed by atoms with van der Waals surface area (Å²) in [6.45, 7) is 9.39. The minimum Gasteiger partial charge on any atom is -0.324 e. The Kier molecular flexibility index (Phi) is 4.13. The van der Waals surface area contributed by atoms with Crippen molar-refractivity contribution in [2.45, 2.75) is 40.5 Å². The molecule has 0 unspecified atom stereocenters. The van der Waals surface area contributed by atoms with E-state index in [1.807, 2.05) is 25.1 Å². The second-order valence-corrected chi connectivity index (χ2v) is 5.42. The van der Waals surface area contributed by atoms with Crippen LogP contribution < -0.4 is 5.32 Å². The molecule has 0 spiro atoms. The third-order valence-corrected chi connectivity index (χ3v) is 3.02. The largest absolute Gasteiger partial charge is 0.324 e. The van der Waals surface area contributed by atoms with Gasteiger partial charge in [0.15, 0.2) is 0 Å². The third-order valence-electron chi connectivity index (χ3n) is 3.02. The Morgan fingerprint density at radius 2 is 2.00 bits per heavy atom. The van der Waals surface area contributed by atoms with Crippen LogP contribution in [0.15, 0.2) is 18.2 Å². The lowest BCUT2D eigenvalue weighted by Gasteiger charge is -2.17. The van der Waals surface area contributed by atoms with Crippen LogP contribution in [0, 0.1) is 23.7 Å². The Labute approximate surface area is 109 Å². The van der Waals surface area contributed by atoms with Gasteiger partial charge in [0.05, 0.1) is 6.07 Å². The number of benzene rings is 1. The van der Waals surface area contributed by atoms with E-state index < -0.39 is 5.41 Å². The molecule has 0 saturated carbocycles. The van der Waals surface area contributed by atoms with Gasteiger partial charge in [-0.3, -0.25) is 4.79 Å². The van der Waals surface area contributed by atoms with Crippen LogP contribution in [0.2, 0.25) is 0 Å². The van der Waals surface area contributed by atoms with E-state index in [1.54, 1.807) is 13.8 Å². The van der Waals surface area contributed by atoms with Crippen LogP contribution in [0.25, 0.3) is 0 Å². The summed E-state index contributed by atoms with van der Waals surface area (Å²) in [6, 6.07) is 8.03. The van der Waals surface area contributed by atoms with Gasteiger partial charge in [-0.25, -0.2) is 0 Å². The lowest BCUT2D eigenvalue weighted by Crippen LogP contribution is -2.29. The van der Waals surface area contributed by atoms with Gasteiger partial charge in [-0.1, -0.05) is 26.0 Å². The first-order chi connectivity index (χ1) is 8.27. The molecular weight excluding hydrogens is 224 g/mol. The predicted molar refractivity (Wildman–Crippen MR) is 73.3 cm³/mol. The van der Waals surface area contributed by atoms with Crippen LogP contribution in [0.3, 0.4) is 0 Å². The van der Waals surface area contributed by atoms with E-state index in [0.717, 1.165) is 11.3 Å². The van der Waals surface area contributed by atoms with E-state index in [-0.39, 0.29) is 5.91 Å². The molecule has 18 heavy (non-hydrogen) atoms. The minimum atomic E-state index is -1.01. The molecule has 0 aliphatic heterocycles. The standard InChI is InChI=1S/C15H20N2O/c1-10(2)12-7-6-11(3)13(8-12)17-14(18)15(4,5)9-16/h6-8,10H,1-5H3,(H,17,18). The van der Waals surface area contributed by atoms with Gasteiger partial charge in [0.1, 0.15) is 5.41 Å². The van der Waals surface area contributed by atoms with E-state index >= 15 is 0 Å². The summed E-state index contributed by atoms with van der Waals surface area (Å²) in [5, 5.41) is 11.8. The molecule has 0 atom stereocenters. The highest BCUT2D eigenvalue weighted by atomic mass is 16.2. The summed E-state index contributed by atoms with van der Waals surface area (Å²) in [4.78, 5) is 12.0. The number of nitrogens with zero attached hydrogens (tertiary/aromatic N) is 1. The van der Waals surface area contributed by atoms with Crippen LogP contribution in [0.1, 0.15) is 44.7 Å². The first-order valence-electron chi connectivity index (χ1n) is 6.11. The zero-order valence-electron chi connectivity index (χ0n) is 11.7. The third kappa shape index (κ3) is 3.10. The SMILES string of the molecule is Cc1ccc(C(C)C)cc1NC(=O)C(C)(C)C#N. The molecule has 1 amide bonds. The van der Waals surface area contributed by atoms with Crippen molar-refractivity contribution in [3.8, 4) is 6.07 Å². The summed E-state index contributed by atoms with van der Waals surface area (Å²) in [7, 11) is 0. The van der Waals surface area contributed by atoms with Crippen LogP contribution in [-0.4, -0.2) is 5.91 Å². The van der Waals surface area contributed by atoms with Crippen molar-refractivity contribution >= 4 is 11.6 Å². The molecule has 3 heteroatoms. The molecule has 0 saturated heterocycles. The van der Waals surface area contributed by atoms with Crippen LogP contribution >= 0.6 is 0 Å². The average molecular weight is 244 g/mol. The van der Waals surface area contributed by atoms with Gasteiger partial charge in [0.2, 0.25) is 5.91 Å². The zero-order chi connectivity index (χ0) is 13.9. The number of hydrogen-bond donors (Lipinski definition) is 1. The van der Waals surface area contributed by atoms with Crippen molar-refractivity contribution < 1.29 is 4.79 Å². The topological polar surface area (TPSA) is 52.9 Å². The lowest BCUT2D eigenvalue weighted by molar-refractivity contribution is -0.121. The quantitative estimate of drug-likeness (QED) is 0.883. The molecule has 96 valence electrons. The maximum Gasteiger partial charge on any atom is 0.244 e. The molecule has 0 aliphatic carbocycles. The number of carbonyl (C=O) groups is 1. The normalized spacial score (nSPS) is 11.2. The summed E-state index contributed by atoms with van der Waals surface area (Å²) >= 11 is 0. The fourth-order valence-corrected chi connectivity index (χ4v) is 1.46. The highest BCUT2D eigenvalue weighted by Crippen LogP contribution is 2.24. The van der Waals surface area contributed by atoms with Crippen molar-refractivity contribution in [3.05, 3.63) is 29.3 Å². The predicted octanol–water partition coefficient (Wildman–Crippen LogP) is 3.61. The van der Waals surface area contributed by atoms with Gasteiger partial charge >= 0.3 is 0 Å². The van der Waals surface area contributed by atoms with Crippen molar-refractivity contribution in [2.24, 2.45) is 5.41 Å². The molecule has 0 aromatic heterocycles. The second-order valence-electron chi connectivity index (χ2n) is 5.42. The highest BCUT2D eigenvalue weighted by molar-refractivity contribution is 5.97. The summed E-state index contributed by atoms with van der Waals surface area (Å²) in [5.74, 6) is 0.138. The van der Waals surface area contributed by atoms with Gasteiger partial charge in [-0.05, 0) is 43.9 Å². The van der Waals surface area contributed by atoms with E-state index in [2.05, 4.69) is 25.2 Å². The second kappa shape index (κ2) is 5.22. The summed E-state index contributed by atoms with van der Waals surface area (Å²) < 4.78 is 0. The Hall–Kier alpha value is -1.82. The van der Waals surface area contributed by atoms with E-state index in [4.69, 9.17) is 5.26 Å². The van der Waals surface area contributed by atoms with E-state index in [0.29, 0.717) is 5.92 Å². The summed E-state index contributed by atoms with van der Waals surface area (Å²) in [6.07, 6.45) is 0. The van der Waals surface area contributed by atoms with Crippen molar-refractivity contribution in [2.75, 3.05) is 5.32 Å². The Morgan fingerprint density at radius 1 is 1.39 bits per heavy atom. The van der Waals surface area contributed by atoms with Crippen LogP contribution in [0.4, 0.5) is 5.69 Å². The van der Waals surface area contributed by atoms with Gasteiger partial charge < -0.3 is 5.32 Å². The zero-order valence-corrected chi connectivity index (χ0v) is 11.7. The lowest BCUT2D eigenvalue weighted by atomic mass is 9.94. The molecule has 1 aromatic rings. The van der Waals surface area contributed by atoms with Crippen molar-refractivity contribution in [3.63, 3.8) is 0 Å². The number of nitrogens with one attached hydrogen (secondary N) is 1. The Balaban J connectivity index is 3.02. The number of carbonyl (C=O) groups excluding carboxylic acids is 1. The molecular formula is C15H20N2O. The fourth-order valence-electron chi connectivity index (χ4n) is 1.46. The average Bonchev–Trinajstić information content (AvgIpc) is 2.31. The molecule has 1 aromatic carbocycles. The van der Waals surface area contributed by atoms with Gasteiger partial charge in [-0.2, -0.15) is 5.26 Å². The number of aryl methyl sites for hydroxylation is 1. The van der Waals surface area contributed by atoms with Crippen LogP contribution in [-0.2, 0) is 4.79 Å². The van der Waals surface area contributed by atoms with E-state index in [1.165, 1.54) is 5.56 Å². The van der Waals surface area contributed by atoms with Crippen molar-refractivity contribution in [1.29, 1.82) is 5.26 Å². The number of nitriles is 1. The summed E-state index contributed by atoms with van der Waals surface area (Å²) in [5.41, 5.74) is 1.95. The molecule has 0 radical (unpaired) electrons. The molecule has 3 nitrogen and oxygen atoms in total. The first kappa shape index (κ1) is 14.2. The number of hydrogen-bond acceptors (Lipinski definition) is 2. The first-order valence-corrected chi connectivity index (χ1v) is 6.11. The number of rotatable bonds is 3. The fraction of sp³-hybridized carbons (Fsp3) is 0.467. The molecule has 1 rings (SSSR count). The monoisotopic (exact) mass is 244 g/mol. The van der Waals surface area contributed by atoms with Gasteiger partial charge in [0.25, 0.3) is 0 Å². The van der Waals surface area contributed by atoms with Gasteiger partial charge in [0, 0.05) is 5.69 Å². The molecule has 1 N–H and O–H groups in total. The van der Waals surface area contributed by atoms with Gasteiger partial charge in [-0.15, -0.1) is 0 Å². The molecule has 0 aliphatic rings. The molecule has 0 fully saturated rings. The molecule has 0 heterocycles. The minimum absolute atomic E-state index is 0.269. The maximum absolute atomic E-state index is 12.0.